The van der Waals surface area contributed by atoms with Gasteiger partial charge in [0.05, 0.1) is 11.5 Å². The summed E-state index contributed by atoms with van der Waals surface area (Å²) in [6, 6.07) is 6.71. The summed E-state index contributed by atoms with van der Waals surface area (Å²) < 4.78 is 23.5. The quantitative estimate of drug-likeness (QED) is 0.813. The predicted molar refractivity (Wildman–Crippen MR) is 101 cm³/mol. The van der Waals surface area contributed by atoms with Crippen molar-refractivity contribution < 1.29 is 13.2 Å². The molecule has 0 saturated carbocycles. The van der Waals surface area contributed by atoms with Crippen LogP contribution in [-0.4, -0.2) is 69.0 Å². The van der Waals surface area contributed by atoms with E-state index in [1.165, 1.54) is 0 Å². The molecular weight excluding hydrogens is 362 g/mol. The number of benzene rings is 1. The van der Waals surface area contributed by atoms with Gasteiger partial charge in [0, 0.05) is 30.4 Å². The maximum absolute atomic E-state index is 12.5. The van der Waals surface area contributed by atoms with Crippen LogP contribution in [0.5, 0.6) is 0 Å². The Morgan fingerprint density at radius 2 is 2.12 bits per heavy atom. The van der Waals surface area contributed by atoms with Gasteiger partial charge in [-0.15, -0.1) is 0 Å². The second-order valence-electron chi connectivity index (χ2n) is 6.39. The Kier molecular flexibility index (Phi) is 6.87. The van der Waals surface area contributed by atoms with E-state index in [0.29, 0.717) is 24.5 Å². The van der Waals surface area contributed by atoms with E-state index < -0.39 is 9.84 Å². The van der Waals surface area contributed by atoms with Gasteiger partial charge in [0.25, 0.3) is 0 Å². The molecular formula is C17H24ClN3O3S. The van der Waals surface area contributed by atoms with Gasteiger partial charge < -0.3 is 15.1 Å². The smallest absolute Gasteiger partial charge is 0.319 e. The van der Waals surface area contributed by atoms with Gasteiger partial charge in [-0.05, 0) is 44.3 Å². The molecule has 1 aliphatic rings. The fraction of sp³-hybridized carbons (Fsp3) is 0.471. The maximum Gasteiger partial charge on any atom is 0.321 e. The number of amides is 2. The van der Waals surface area contributed by atoms with Gasteiger partial charge in [0.1, 0.15) is 0 Å². The van der Waals surface area contributed by atoms with E-state index in [2.05, 4.69) is 5.32 Å². The lowest BCUT2D eigenvalue weighted by Gasteiger charge is -2.29. The average molecular weight is 386 g/mol. The van der Waals surface area contributed by atoms with Crippen molar-refractivity contribution in [2.45, 2.75) is 12.5 Å². The Bertz CT molecular complexity index is 734. The highest BCUT2D eigenvalue weighted by Crippen LogP contribution is 2.18. The molecule has 6 nitrogen and oxygen atoms in total. The van der Waals surface area contributed by atoms with Crippen molar-refractivity contribution in [1.82, 2.24) is 15.1 Å². The second kappa shape index (κ2) is 8.69. The van der Waals surface area contributed by atoms with E-state index in [0.717, 1.165) is 5.56 Å². The number of carbonyl (C=O) groups is 1. The fourth-order valence-corrected chi connectivity index (χ4v) is 4.61. The number of sulfone groups is 1. The predicted octanol–water partition coefficient (Wildman–Crippen LogP) is 2.07. The third kappa shape index (κ3) is 6.34. The molecule has 8 heteroatoms. The van der Waals surface area contributed by atoms with Crippen molar-refractivity contribution >= 4 is 33.5 Å². The molecule has 0 aliphatic carbocycles. The Morgan fingerprint density at radius 1 is 1.36 bits per heavy atom. The van der Waals surface area contributed by atoms with Crippen molar-refractivity contribution in [1.29, 1.82) is 0 Å². The van der Waals surface area contributed by atoms with Gasteiger partial charge >= 0.3 is 6.03 Å². The normalized spacial score (nSPS) is 19.4. The van der Waals surface area contributed by atoms with Gasteiger partial charge in [-0.1, -0.05) is 23.7 Å². The second-order valence-corrected chi connectivity index (χ2v) is 9.06. The SMILES string of the molecule is CN(C)CCN(C(=O)N/C=C/c1cccc(Cl)c1)C1CCS(=O)(=O)C1. The molecule has 25 heavy (non-hydrogen) atoms. The highest BCUT2D eigenvalue weighted by Gasteiger charge is 2.34. The molecule has 0 aromatic heterocycles. The number of rotatable bonds is 6. The van der Waals surface area contributed by atoms with Crippen LogP contribution in [0.1, 0.15) is 12.0 Å². The standard InChI is InChI=1S/C17H24ClN3O3S/c1-20(2)9-10-21(16-7-11-25(23,24)13-16)17(22)19-8-6-14-4-3-5-15(18)12-14/h3-6,8,12,16H,7,9-11,13H2,1-2H3,(H,19,22)/b8-6+. The number of hydrogen-bond donors (Lipinski definition) is 1. The Labute approximate surface area is 154 Å². The lowest BCUT2D eigenvalue weighted by Crippen LogP contribution is -2.48. The van der Waals surface area contributed by atoms with Gasteiger partial charge in [0.2, 0.25) is 0 Å². The highest BCUT2D eigenvalue weighted by atomic mass is 35.5. The summed E-state index contributed by atoms with van der Waals surface area (Å²) in [5, 5.41) is 3.35. The lowest BCUT2D eigenvalue weighted by molar-refractivity contribution is 0.176. The summed E-state index contributed by atoms with van der Waals surface area (Å²) in [5.41, 5.74) is 0.871. The van der Waals surface area contributed by atoms with Crippen LogP contribution in [0.3, 0.4) is 0 Å². The molecule has 2 rings (SSSR count). The van der Waals surface area contributed by atoms with Gasteiger partial charge in [-0.2, -0.15) is 0 Å². The minimum absolute atomic E-state index is 0.0336. The summed E-state index contributed by atoms with van der Waals surface area (Å²) >= 11 is 5.93. The Hall–Kier alpha value is -1.57. The van der Waals surface area contributed by atoms with Crippen molar-refractivity contribution in [2.24, 2.45) is 0 Å². The molecule has 138 valence electrons. The molecule has 1 heterocycles. The molecule has 2 amide bonds. The number of nitrogens with zero attached hydrogens (tertiary/aromatic N) is 2. The van der Waals surface area contributed by atoms with Crippen molar-refractivity contribution in [3.8, 4) is 0 Å². The molecule has 0 spiro atoms. The summed E-state index contributed by atoms with van der Waals surface area (Å²) in [5.74, 6) is 0.174. The van der Waals surface area contributed by atoms with Gasteiger partial charge in [0.15, 0.2) is 9.84 Å². The molecule has 1 fully saturated rings. The van der Waals surface area contributed by atoms with E-state index in [1.54, 1.807) is 29.3 Å². The van der Waals surface area contributed by atoms with E-state index in [4.69, 9.17) is 11.6 Å². The molecule has 1 aliphatic heterocycles. The first-order valence-corrected chi connectivity index (χ1v) is 10.3. The van der Waals surface area contributed by atoms with Gasteiger partial charge in [-0.25, -0.2) is 13.2 Å². The maximum atomic E-state index is 12.5. The molecule has 1 N–H and O–H groups in total. The van der Waals surface area contributed by atoms with E-state index in [1.807, 2.05) is 31.1 Å². The van der Waals surface area contributed by atoms with Crippen LogP contribution >= 0.6 is 11.6 Å². The molecule has 1 aromatic carbocycles. The summed E-state index contributed by atoms with van der Waals surface area (Å²) in [4.78, 5) is 16.1. The van der Waals surface area contributed by atoms with Crippen LogP contribution in [0.25, 0.3) is 6.08 Å². The summed E-state index contributed by atoms with van der Waals surface area (Å²) in [7, 11) is 0.786. The zero-order valence-corrected chi connectivity index (χ0v) is 16.1. The topological polar surface area (TPSA) is 69.7 Å². The third-order valence-electron chi connectivity index (χ3n) is 4.03. The number of nitrogens with one attached hydrogen (secondary N) is 1. The van der Waals surface area contributed by atoms with Crippen LogP contribution in [0.2, 0.25) is 5.02 Å². The largest absolute Gasteiger partial charge is 0.321 e. The summed E-state index contributed by atoms with van der Waals surface area (Å²) in [6.45, 7) is 1.14. The van der Waals surface area contributed by atoms with Crippen molar-refractivity contribution in [3.63, 3.8) is 0 Å². The summed E-state index contributed by atoms with van der Waals surface area (Å²) in [6.07, 6.45) is 3.79. The number of carbonyl (C=O) groups excluding carboxylic acids is 1. The van der Waals surface area contributed by atoms with Gasteiger partial charge in [-0.3, -0.25) is 0 Å². The Balaban J connectivity index is 2.01. The third-order valence-corrected chi connectivity index (χ3v) is 6.01. The zero-order chi connectivity index (χ0) is 18.4. The molecule has 1 aromatic rings. The molecule has 0 radical (unpaired) electrons. The number of halogens is 1. The molecule has 1 unspecified atom stereocenters. The number of urea groups is 1. The minimum Gasteiger partial charge on any atom is -0.319 e. The lowest BCUT2D eigenvalue weighted by atomic mass is 10.2. The van der Waals surface area contributed by atoms with E-state index >= 15 is 0 Å². The highest BCUT2D eigenvalue weighted by molar-refractivity contribution is 7.91. The van der Waals surface area contributed by atoms with Crippen molar-refractivity contribution in [2.75, 3.05) is 38.7 Å². The zero-order valence-electron chi connectivity index (χ0n) is 14.5. The number of likely N-dealkylation sites (N-methyl/N-ethyl adjacent to an activating group) is 1. The van der Waals surface area contributed by atoms with Crippen LogP contribution in [0, 0.1) is 0 Å². The average Bonchev–Trinajstić information content (AvgIpc) is 2.87. The Morgan fingerprint density at radius 3 is 2.72 bits per heavy atom. The first-order chi connectivity index (χ1) is 11.8. The molecule has 0 bridgehead atoms. The van der Waals surface area contributed by atoms with Crippen LogP contribution < -0.4 is 5.32 Å². The molecule has 1 atom stereocenters. The monoisotopic (exact) mass is 385 g/mol. The number of hydrogen-bond acceptors (Lipinski definition) is 4. The van der Waals surface area contributed by atoms with Crippen LogP contribution in [0.15, 0.2) is 30.5 Å². The first kappa shape index (κ1) is 19.8. The van der Waals surface area contributed by atoms with E-state index in [9.17, 15) is 13.2 Å². The molecule has 1 saturated heterocycles. The van der Waals surface area contributed by atoms with Crippen molar-refractivity contribution in [3.05, 3.63) is 41.1 Å². The fourth-order valence-electron chi connectivity index (χ4n) is 2.68. The van der Waals surface area contributed by atoms with E-state index in [-0.39, 0.29) is 23.6 Å². The first-order valence-electron chi connectivity index (χ1n) is 8.11. The van der Waals surface area contributed by atoms with Crippen LogP contribution in [0.4, 0.5) is 4.79 Å². The minimum atomic E-state index is -3.05. The van der Waals surface area contributed by atoms with Crippen LogP contribution in [-0.2, 0) is 9.84 Å².